The van der Waals surface area contributed by atoms with Gasteiger partial charge in [0.05, 0.1) is 17.9 Å². The maximum atomic E-state index is 10.6. The van der Waals surface area contributed by atoms with Crippen molar-refractivity contribution >= 4 is 18.0 Å². The molecular formula is C9H8NO4-. The third-order valence-electron chi connectivity index (χ3n) is 1.36. The van der Waals surface area contributed by atoms with Crippen LogP contribution in [0.15, 0.2) is 28.5 Å². The normalized spacial score (nSPS) is 11.1. The summed E-state index contributed by atoms with van der Waals surface area (Å²) in [6.07, 6.45) is 2.57. The van der Waals surface area contributed by atoms with Gasteiger partial charge in [0.25, 0.3) is 0 Å². The average molecular weight is 194 g/mol. The molecule has 1 heterocycles. The lowest BCUT2D eigenvalue weighted by atomic mass is 10.3. The Morgan fingerprint density at radius 3 is 2.71 bits per heavy atom. The van der Waals surface area contributed by atoms with Crippen molar-refractivity contribution in [3.63, 3.8) is 0 Å². The van der Waals surface area contributed by atoms with E-state index in [0.29, 0.717) is 5.76 Å². The molecule has 0 spiro atoms. The van der Waals surface area contributed by atoms with Gasteiger partial charge in [-0.05, 0) is 12.1 Å². The summed E-state index contributed by atoms with van der Waals surface area (Å²) in [7, 11) is 0. The lowest BCUT2D eigenvalue weighted by molar-refractivity contribution is -0.299. The van der Waals surface area contributed by atoms with E-state index in [1.807, 2.05) is 0 Å². The van der Waals surface area contributed by atoms with Gasteiger partial charge < -0.3 is 19.6 Å². The Kier molecular flexibility index (Phi) is 3.06. The van der Waals surface area contributed by atoms with E-state index in [9.17, 15) is 14.7 Å². The Bertz CT molecular complexity index is 364. The van der Waals surface area contributed by atoms with E-state index >= 15 is 0 Å². The van der Waals surface area contributed by atoms with Crippen LogP contribution >= 0.6 is 0 Å². The molecule has 0 saturated heterocycles. The zero-order valence-electron chi connectivity index (χ0n) is 7.44. The summed E-state index contributed by atoms with van der Waals surface area (Å²) in [4.78, 5) is 21.1. The summed E-state index contributed by atoms with van der Waals surface area (Å²) in [5.41, 5.74) is -0.326. The molecule has 0 radical (unpaired) electrons. The third kappa shape index (κ3) is 2.78. The van der Waals surface area contributed by atoms with Crippen molar-refractivity contribution in [2.75, 3.05) is 0 Å². The van der Waals surface area contributed by atoms with Crippen molar-refractivity contribution in [2.24, 2.45) is 0 Å². The van der Waals surface area contributed by atoms with Crippen LogP contribution in [0.1, 0.15) is 12.7 Å². The molecule has 5 nitrogen and oxygen atoms in total. The van der Waals surface area contributed by atoms with E-state index < -0.39 is 11.9 Å². The molecule has 0 aliphatic rings. The predicted molar refractivity (Wildman–Crippen MR) is 45.5 cm³/mol. The number of nitrogens with one attached hydrogen (secondary N) is 1. The number of carbonyl (C=O) groups is 2. The summed E-state index contributed by atoms with van der Waals surface area (Å²) in [6, 6.07) is 3.16. The molecule has 0 saturated carbocycles. The topological polar surface area (TPSA) is 82.4 Å². The van der Waals surface area contributed by atoms with Crippen molar-refractivity contribution < 1.29 is 19.1 Å². The first-order valence-electron chi connectivity index (χ1n) is 3.83. The molecule has 1 rings (SSSR count). The molecule has 1 aromatic heterocycles. The minimum atomic E-state index is -1.46. The van der Waals surface area contributed by atoms with E-state index in [0.717, 1.165) is 0 Å². The number of carboxylic acids is 1. The quantitative estimate of drug-likeness (QED) is 0.658. The van der Waals surface area contributed by atoms with Crippen LogP contribution in [0.4, 0.5) is 0 Å². The number of carbonyl (C=O) groups excluding carboxylic acids is 2. The average Bonchev–Trinajstić information content (AvgIpc) is 2.54. The largest absolute Gasteiger partial charge is 0.543 e. The van der Waals surface area contributed by atoms with Crippen LogP contribution in [0.3, 0.4) is 0 Å². The lowest BCUT2D eigenvalue weighted by Crippen LogP contribution is -2.34. The summed E-state index contributed by atoms with van der Waals surface area (Å²) < 4.78 is 4.88. The molecule has 0 fully saturated rings. The number of hydrogen-bond donors (Lipinski definition) is 1. The van der Waals surface area contributed by atoms with Crippen molar-refractivity contribution in [3.05, 3.63) is 29.9 Å². The number of hydrogen-bond acceptors (Lipinski definition) is 4. The Morgan fingerprint density at radius 2 is 2.29 bits per heavy atom. The monoisotopic (exact) mass is 194 g/mol. The first kappa shape index (κ1) is 10.0. The number of rotatable bonds is 3. The fourth-order valence-corrected chi connectivity index (χ4v) is 0.851. The van der Waals surface area contributed by atoms with E-state index in [4.69, 9.17) is 4.42 Å². The first-order chi connectivity index (χ1) is 6.59. The highest BCUT2D eigenvalue weighted by Crippen LogP contribution is 2.05. The molecule has 0 bridgehead atoms. The van der Waals surface area contributed by atoms with Gasteiger partial charge in [-0.1, -0.05) is 0 Å². The SMILES string of the molecule is CC(=O)N/C(=C/c1ccco1)C(=O)[O-]. The molecular weight excluding hydrogens is 186 g/mol. The fraction of sp³-hybridized carbons (Fsp3) is 0.111. The molecule has 0 atom stereocenters. The van der Waals surface area contributed by atoms with Gasteiger partial charge in [0.15, 0.2) is 0 Å². The zero-order valence-corrected chi connectivity index (χ0v) is 7.44. The fourth-order valence-electron chi connectivity index (χ4n) is 0.851. The number of carboxylic acid groups (broad SMARTS) is 1. The van der Waals surface area contributed by atoms with Crippen LogP contribution in [-0.2, 0) is 9.59 Å². The highest BCUT2D eigenvalue weighted by Gasteiger charge is 2.01. The molecule has 0 aliphatic carbocycles. The van der Waals surface area contributed by atoms with Gasteiger partial charge in [-0.25, -0.2) is 0 Å². The molecule has 1 N–H and O–H groups in total. The van der Waals surface area contributed by atoms with Crippen LogP contribution in [0.5, 0.6) is 0 Å². The maximum Gasteiger partial charge on any atom is 0.221 e. The van der Waals surface area contributed by atoms with Crippen LogP contribution in [0, 0.1) is 0 Å². The van der Waals surface area contributed by atoms with Crippen LogP contribution in [0.2, 0.25) is 0 Å². The van der Waals surface area contributed by atoms with E-state index in [-0.39, 0.29) is 5.70 Å². The molecule has 74 valence electrons. The Balaban J connectivity index is 2.88. The molecule has 0 aliphatic heterocycles. The Labute approximate surface area is 80.0 Å². The Morgan fingerprint density at radius 1 is 1.57 bits per heavy atom. The molecule has 1 amide bonds. The van der Waals surface area contributed by atoms with Crippen molar-refractivity contribution in [2.45, 2.75) is 6.92 Å². The Hall–Kier alpha value is -2.04. The van der Waals surface area contributed by atoms with Crippen LogP contribution in [0.25, 0.3) is 6.08 Å². The lowest BCUT2D eigenvalue weighted by Gasteiger charge is -2.07. The van der Waals surface area contributed by atoms with Gasteiger partial charge in [-0.15, -0.1) is 0 Å². The minimum Gasteiger partial charge on any atom is -0.543 e. The number of furan rings is 1. The summed E-state index contributed by atoms with van der Waals surface area (Å²) >= 11 is 0. The third-order valence-corrected chi connectivity index (χ3v) is 1.36. The number of amides is 1. The second-order valence-corrected chi connectivity index (χ2v) is 2.54. The highest BCUT2D eigenvalue weighted by molar-refractivity contribution is 5.94. The van der Waals surface area contributed by atoms with E-state index in [2.05, 4.69) is 5.32 Å². The van der Waals surface area contributed by atoms with Gasteiger partial charge in [-0.3, -0.25) is 4.79 Å². The predicted octanol–water partition coefficient (Wildman–Crippen LogP) is -0.494. The zero-order chi connectivity index (χ0) is 10.6. The van der Waals surface area contributed by atoms with Crippen LogP contribution in [-0.4, -0.2) is 11.9 Å². The van der Waals surface area contributed by atoms with Crippen molar-refractivity contribution in [1.29, 1.82) is 0 Å². The van der Waals surface area contributed by atoms with Gasteiger partial charge in [0.2, 0.25) is 5.91 Å². The van der Waals surface area contributed by atoms with Gasteiger partial charge in [0.1, 0.15) is 5.76 Å². The van der Waals surface area contributed by atoms with Crippen molar-refractivity contribution in [1.82, 2.24) is 5.32 Å². The van der Waals surface area contributed by atoms with Gasteiger partial charge in [0, 0.05) is 13.0 Å². The van der Waals surface area contributed by atoms with E-state index in [1.54, 1.807) is 12.1 Å². The summed E-state index contributed by atoms with van der Waals surface area (Å²) in [6.45, 7) is 1.21. The smallest absolute Gasteiger partial charge is 0.221 e. The number of aliphatic carboxylic acids is 1. The van der Waals surface area contributed by atoms with Gasteiger partial charge >= 0.3 is 0 Å². The molecule has 0 aromatic carbocycles. The standard InChI is InChI=1S/C9H9NO4/c1-6(11)10-8(9(12)13)5-7-3-2-4-14-7/h2-5H,1H3,(H,10,11)(H,12,13)/p-1/b8-5+. The van der Waals surface area contributed by atoms with Gasteiger partial charge in [-0.2, -0.15) is 0 Å². The van der Waals surface area contributed by atoms with E-state index in [1.165, 1.54) is 19.3 Å². The van der Waals surface area contributed by atoms with Crippen LogP contribution < -0.4 is 10.4 Å². The molecule has 1 aromatic rings. The summed E-state index contributed by atoms with van der Waals surface area (Å²) in [5.74, 6) is -1.61. The molecule has 14 heavy (non-hydrogen) atoms. The molecule has 0 unspecified atom stereocenters. The highest BCUT2D eigenvalue weighted by atomic mass is 16.4. The maximum absolute atomic E-state index is 10.6. The van der Waals surface area contributed by atoms with Crippen molar-refractivity contribution in [3.8, 4) is 0 Å². The second-order valence-electron chi connectivity index (χ2n) is 2.54. The minimum absolute atomic E-state index is 0.326. The second kappa shape index (κ2) is 4.27. The molecule has 5 heteroatoms. The first-order valence-corrected chi connectivity index (χ1v) is 3.83. The summed E-state index contributed by atoms with van der Waals surface area (Å²) in [5, 5.41) is 12.6.